The first-order chi connectivity index (χ1) is 5.36. The van der Waals surface area contributed by atoms with Crippen LogP contribution in [0.25, 0.3) is 0 Å². The zero-order valence-electron chi connectivity index (χ0n) is 6.01. The maximum absolute atomic E-state index is 10.6. The van der Waals surface area contributed by atoms with E-state index >= 15 is 0 Å². The molecule has 0 aromatic carbocycles. The number of hydrogen-bond acceptors (Lipinski definition) is 3. The van der Waals surface area contributed by atoms with Crippen molar-refractivity contribution in [1.82, 2.24) is 0 Å². The van der Waals surface area contributed by atoms with Crippen LogP contribution >= 0.6 is 0 Å². The fourth-order valence-corrected chi connectivity index (χ4v) is 0.0707. The lowest BCUT2D eigenvalue weighted by atomic mass is 10.5. The van der Waals surface area contributed by atoms with Crippen molar-refractivity contribution in [3.05, 3.63) is 0 Å². The zero-order valence-corrected chi connectivity index (χ0v) is 6.01. The molecular formula is C5H9F3O4. The largest absolute Gasteiger partial charge is 0.490 e. The molecule has 0 amide bonds. The van der Waals surface area contributed by atoms with E-state index in [0.717, 1.165) is 0 Å². The fraction of sp³-hybridized carbons (Fsp3) is 0.800. The van der Waals surface area contributed by atoms with E-state index in [4.69, 9.17) is 20.1 Å². The van der Waals surface area contributed by atoms with Crippen LogP contribution in [0.4, 0.5) is 13.2 Å². The Morgan fingerprint density at radius 3 is 1.42 bits per heavy atom. The second-order valence-electron chi connectivity index (χ2n) is 1.60. The molecule has 3 N–H and O–H groups in total. The topological polar surface area (TPSA) is 77.8 Å². The van der Waals surface area contributed by atoms with E-state index in [1.807, 2.05) is 0 Å². The average molecular weight is 190 g/mol. The van der Waals surface area contributed by atoms with Gasteiger partial charge in [0, 0.05) is 13.2 Å². The summed E-state index contributed by atoms with van der Waals surface area (Å²) < 4.78 is 31.7. The molecule has 0 bridgehead atoms. The predicted molar refractivity (Wildman–Crippen MR) is 32.5 cm³/mol. The molecule has 0 heterocycles. The second-order valence-corrected chi connectivity index (χ2v) is 1.60. The number of carbonyl (C=O) groups is 1. The highest BCUT2D eigenvalue weighted by atomic mass is 19.4. The van der Waals surface area contributed by atoms with Gasteiger partial charge in [-0.05, 0) is 6.42 Å². The number of rotatable bonds is 2. The Balaban J connectivity index is 0. The number of aliphatic hydroxyl groups is 2. The molecule has 0 aliphatic rings. The number of halogens is 3. The Labute approximate surface area is 66.2 Å². The lowest BCUT2D eigenvalue weighted by molar-refractivity contribution is -0.192. The Bertz CT molecular complexity index is 120. The number of aliphatic carboxylic acids is 1. The van der Waals surface area contributed by atoms with Crippen LogP contribution in [0.3, 0.4) is 0 Å². The van der Waals surface area contributed by atoms with Crippen LogP contribution in [-0.2, 0) is 4.79 Å². The SMILES string of the molecule is O=C(O)C(F)(F)F.OCCCO. The molecule has 0 aromatic rings. The van der Waals surface area contributed by atoms with Crippen molar-refractivity contribution in [3.63, 3.8) is 0 Å². The lowest BCUT2D eigenvalue weighted by Gasteiger charge is -1.93. The number of carboxylic acids is 1. The van der Waals surface area contributed by atoms with Crippen LogP contribution in [0.5, 0.6) is 0 Å². The van der Waals surface area contributed by atoms with Gasteiger partial charge in [0.2, 0.25) is 0 Å². The van der Waals surface area contributed by atoms with E-state index in [-0.39, 0.29) is 13.2 Å². The standard InChI is InChI=1S/C3H8O2.C2HF3O2/c4-2-1-3-5;3-2(4,5)1(6)7/h4-5H,1-3H2;(H,6,7). The molecule has 12 heavy (non-hydrogen) atoms. The van der Waals surface area contributed by atoms with Crippen molar-refractivity contribution >= 4 is 5.97 Å². The molecule has 0 atom stereocenters. The third-order valence-electron chi connectivity index (χ3n) is 0.559. The third kappa shape index (κ3) is 11.9. The molecular weight excluding hydrogens is 181 g/mol. The van der Waals surface area contributed by atoms with Crippen molar-refractivity contribution in [2.75, 3.05) is 13.2 Å². The van der Waals surface area contributed by atoms with Crippen LogP contribution < -0.4 is 0 Å². The number of alkyl halides is 3. The van der Waals surface area contributed by atoms with E-state index in [1.165, 1.54) is 0 Å². The number of aliphatic hydroxyl groups excluding tert-OH is 2. The van der Waals surface area contributed by atoms with Crippen LogP contribution in [0.2, 0.25) is 0 Å². The van der Waals surface area contributed by atoms with E-state index in [0.29, 0.717) is 6.42 Å². The quantitative estimate of drug-likeness (QED) is 0.572. The number of hydrogen-bond donors (Lipinski definition) is 3. The van der Waals surface area contributed by atoms with Crippen molar-refractivity contribution in [2.45, 2.75) is 12.6 Å². The summed E-state index contributed by atoms with van der Waals surface area (Å²) in [6, 6.07) is 0. The van der Waals surface area contributed by atoms with Crippen molar-refractivity contribution in [1.29, 1.82) is 0 Å². The van der Waals surface area contributed by atoms with Crippen LogP contribution in [-0.4, -0.2) is 40.7 Å². The zero-order chi connectivity index (χ0) is 10.2. The first-order valence-corrected chi connectivity index (χ1v) is 2.88. The lowest BCUT2D eigenvalue weighted by Crippen LogP contribution is -2.21. The minimum absolute atomic E-state index is 0.0938. The van der Waals surface area contributed by atoms with Gasteiger partial charge in [-0.25, -0.2) is 4.79 Å². The van der Waals surface area contributed by atoms with E-state index in [9.17, 15) is 13.2 Å². The maximum atomic E-state index is 10.6. The highest BCUT2D eigenvalue weighted by Crippen LogP contribution is 2.13. The van der Waals surface area contributed by atoms with Crippen molar-refractivity contribution in [3.8, 4) is 0 Å². The minimum atomic E-state index is -5.08. The Morgan fingerprint density at radius 2 is 1.42 bits per heavy atom. The molecule has 0 rings (SSSR count). The molecule has 0 aromatic heterocycles. The molecule has 0 spiro atoms. The predicted octanol–water partition coefficient (Wildman–Crippen LogP) is -0.00560. The molecule has 4 nitrogen and oxygen atoms in total. The highest BCUT2D eigenvalue weighted by molar-refractivity contribution is 5.73. The van der Waals surface area contributed by atoms with Gasteiger partial charge in [-0.1, -0.05) is 0 Å². The molecule has 7 heteroatoms. The van der Waals surface area contributed by atoms with Gasteiger partial charge in [-0.3, -0.25) is 0 Å². The summed E-state index contributed by atoms with van der Waals surface area (Å²) >= 11 is 0. The Hall–Kier alpha value is -0.820. The normalized spacial score (nSPS) is 10.1. The number of carboxylic acid groups (broad SMARTS) is 1. The molecule has 0 aliphatic carbocycles. The molecule has 0 radical (unpaired) electrons. The minimum Gasteiger partial charge on any atom is -0.475 e. The van der Waals surface area contributed by atoms with Crippen molar-refractivity contribution < 1.29 is 33.3 Å². The summed E-state index contributed by atoms with van der Waals surface area (Å²) in [5.74, 6) is -2.76. The summed E-state index contributed by atoms with van der Waals surface area (Å²) in [6.07, 6.45) is -4.58. The smallest absolute Gasteiger partial charge is 0.475 e. The summed E-state index contributed by atoms with van der Waals surface area (Å²) in [6.45, 7) is 0.188. The van der Waals surface area contributed by atoms with Gasteiger partial charge in [0.15, 0.2) is 0 Å². The Morgan fingerprint density at radius 1 is 1.17 bits per heavy atom. The van der Waals surface area contributed by atoms with Gasteiger partial charge in [0.1, 0.15) is 0 Å². The van der Waals surface area contributed by atoms with Gasteiger partial charge in [0.25, 0.3) is 0 Å². The van der Waals surface area contributed by atoms with E-state index in [2.05, 4.69) is 0 Å². The first-order valence-electron chi connectivity index (χ1n) is 2.88. The van der Waals surface area contributed by atoms with Crippen LogP contribution in [0.1, 0.15) is 6.42 Å². The van der Waals surface area contributed by atoms with Gasteiger partial charge >= 0.3 is 12.1 Å². The van der Waals surface area contributed by atoms with Gasteiger partial charge in [0.05, 0.1) is 0 Å². The van der Waals surface area contributed by atoms with E-state index in [1.54, 1.807) is 0 Å². The summed E-state index contributed by atoms with van der Waals surface area (Å²) in [7, 11) is 0. The molecule has 0 saturated carbocycles. The summed E-state index contributed by atoms with van der Waals surface area (Å²) in [5.41, 5.74) is 0. The van der Waals surface area contributed by atoms with Crippen LogP contribution in [0.15, 0.2) is 0 Å². The Kier molecular flexibility index (Phi) is 7.86. The van der Waals surface area contributed by atoms with Crippen molar-refractivity contribution in [2.24, 2.45) is 0 Å². The van der Waals surface area contributed by atoms with E-state index < -0.39 is 12.1 Å². The molecule has 0 fully saturated rings. The summed E-state index contributed by atoms with van der Waals surface area (Å²) in [5, 5.41) is 22.9. The second kappa shape index (κ2) is 6.86. The summed E-state index contributed by atoms with van der Waals surface area (Å²) in [4.78, 5) is 8.90. The van der Waals surface area contributed by atoms with Gasteiger partial charge < -0.3 is 15.3 Å². The molecule has 0 aliphatic heterocycles. The fourth-order valence-electron chi connectivity index (χ4n) is 0.0707. The maximum Gasteiger partial charge on any atom is 0.490 e. The molecule has 0 unspecified atom stereocenters. The third-order valence-corrected chi connectivity index (χ3v) is 0.559. The molecule has 74 valence electrons. The molecule has 0 saturated heterocycles. The van der Waals surface area contributed by atoms with Gasteiger partial charge in [-0.2, -0.15) is 13.2 Å². The monoisotopic (exact) mass is 190 g/mol. The first kappa shape index (κ1) is 13.7. The van der Waals surface area contributed by atoms with Gasteiger partial charge in [-0.15, -0.1) is 0 Å². The average Bonchev–Trinajstić information content (AvgIpc) is 1.88. The van der Waals surface area contributed by atoms with Crippen LogP contribution in [0, 0.1) is 0 Å². The highest BCUT2D eigenvalue weighted by Gasteiger charge is 2.38.